The number of Topliss-reactive ketones (excluding diaryl/α,β-unsaturated/α-hetero) is 1. The Kier molecular flexibility index (Phi) is 4.95. The zero-order valence-corrected chi connectivity index (χ0v) is 14.4. The summed E-state index contributed by atoms with van der Waals surface area (Å²) >= 11 is 6.82. The Morgan fingerprint density at radius 2 is 2.11 bits per heavy atom. The minimum Gasteiger partial charge on any atom is -0.295 e. The van der Waals surface area contributed by atoms with E-state index in [1.54, 1.807) is 22.7 Å². The van der Waals surface area contributed by atoms with Gasteiger partial charge in [0.1, 0.15) is 0 Å². The summed E-state index contributed by atoms with van der Waals surface area (Å²) in [5.74, 6) is 0.207. The molecule has 2 nitrogen and oxygen atoms in total. The van der Waals surface area contributed by atoms with Crippen LogP contribution in [0.4, 0.5) is 0 Å². The number of ketones is 1. The van der Waals surface area contributed by atoms with Crippen molar-refractivity contribution in [3.8, 4) is 0 Å². The highest BCUT2D eigenvalue weighted by Crippen LogP contribution is 2.23. The fourth-order valence-corrected chi connectivity index (χ4v) is 4.18. The fourth-order valence-electron chi connectivity index (χ4n) is 2.03. The molecule has 0 aliphatic carbocycles. The summed E-state index contributed by atoms with van der Waals surface area (Å²) < 4.78 is 1.13. The number of thiophene rings is 2. The van der Waals surface area contributed by atoms with Gasteiger partial charge < -0.3 is 0 Å². The van der Waals surface area contributed by atoms with Crippen LogP contribution in [0.1, 0.15) is 25.7 Å². The molecule has 0 fully saturated rings. The van der Waals surface area contributed by atoms with E-state index in [0.29, 0.717) is 6.54 Å². The van der Waals surface area contributed by atoms with E-state index < -0.39 is 0 Å². The van der Waals surface area contributed by atoms with Crippen molar-refractivity contribution in [2.24, 2.45) is 0 Å². The molecule has 0 saturated carbocycles. The molecule has 2 heterocycles. The van der Waals surface area contributed by atoms with Crippen LogP contribution in [-0.4, -0.2) is 24.3 Å². The molecule has 2 rings (SSSR count). The minimum atomic E-state index is 0.207. The lowest BCUT2D eigenvalue weighted by Gasteiger charge is -2.14. The Labute approximate surface area is 130 Å². The van der Waals surface area contributed by atoms with E-state index in [1.165, 1.54) is 10.4 Å². The van der Waals surface area contributed by atoms with Gasteiger partial charge >= 0.3 is 0 Å². The number of halogens is 1. The van der Waals surface area contributed by atoms with Crippen LogP contribution in [0.2, 0.25) is 0 Å². The summed E-state index contributed by atoms with van der Waals surface area (Å²) in [4.78, 5) is 16.6. The molecule has 0 atom stereocenters. The average Bonchev–Trinajstić information content (AvgIpc) is 2.84. The lowest BCUT2D eigenvalue weighted by atomic mass is 10.1. The van der Waals surface area contributed by atoms with E-state index in [0.717, 1.165) is 20.8 Å². The molecular weight excluding hydrogens is 342 g/mol. The molecule has 0 aromatic carbocycles. The van der Waals surface area contributed by atoms with Crippen molar-refractivity contribution >= 4 is 44.4 Å². The molecule has 0 aliphatic rings. The third-order valence-electron chi connectivity index (χ3n) is 2.83. The maximum Gasteiger partial charge on any atom is 0.177 e. The van der Waals surface area contributed by atoms with E-state index in [9.17, 15) is 4.79 Å². The Bertz CT molecular complexity index is 588. The van der Waals surface area contributed by atoms with Crippen molar-refractivity contribution in [2.75, 3.05) is 13.6 Å². The molecule has 2 aromatic rings. The van der Waals surface area contributed by atoms with Gasteiger partial charge in [0.25, 0.3) is 0 Å². The van der Waals surface area contributed by atoms with Crippen molar-refractivity contribution in [1.82, 2.24) is 4.90 Å². The number of hydrogen-bond donors (Lipinski definition) is 0. The van der Waals surface area contributed by atoms with Gasteiger partial charge in [-0.25, -0.2) is 0 Å². The summed E-state index contributed by atoms with van der Waals surface area (Å²) in [6.07, 6.45) is 0. The predicted octanol–water partition coefficient (Wildman–Crippen LogP) is 4.50. The number of aryl methyl sites for hydroxylation is 2. The zero-order valence-electron chi connectivity index (χ0n) is 11.2. The van der Waals surface area contributed by atoms with Crippen LogP contribution in [0.3, 0.4) is 0 Å². The predicted molar refractivity (Wildman–Crippen MR) is 86.5 cm³/mol. The van der Waals surface area contributed by atoms with Crippen molar-refractivity contribution in [3.63, 3.8) is 0 Å². The highest BCUT2D eigenvalue weighted by molar-refractivity contribution is 9.11. The van der Waals surface area contributed by atoms with Crippen LogP contribution < -0.4 is 0 Å². The molecule has 2 aromatic heterocycles. The van der Waals surface area contributed by atoms with Gasteiger partial charge in [0.2, 0.25) is 0 Å². The maximum absolute atomic E-state index is 12.2. The van der Waals surface area contributed by atoms with Crippen LogP contribution in [-0.2, 0) is 6.54 Å². The molecule has 102 valence electrons. The van der Waals surface area contributed by atoms with Gasteiger partial charge in [-0.15, -0.1) is 22.7 Å². The van der Waals surface area contributed by atoms with E-state index in [4.69, 9.17) is 0 Å². The molecule has 19 heavy (non-hydrogen) atoms. The number of rotatable bonds is 5. The lowest BCUT2D eigenvalue weighted by molar-refractivity contribution is 0.0943. The van der Waals surface area contributed by atoms with Crippen molar-refractivity contribution in [3.05, 3.63) is 42.2 Å². The van der Waals surface area contributed by atoms with Gasteiger partial charge in [-0.2, -0.15) is 0 Å². The molecule has 0 amide bonds. The van der Waals surface area contributed by atoms with Crippen LogP contribution in [0.15, 0.2) is 21.3 Å². The number of hydrogen-bond acceptors (Lipinski definition) is 4. The van der Waals surface area contributed by atoms with Crippen molar-refractivity contribution in [1.29, 1.82) is 0 Å². The highest BCUT2D eigenvalue weighted by atomic mass is 79.9. The van der Waals surface area contributed by atoms with E-state index in [-0.39, 0.29) is 5.78 Å². The second kappa shape index (κ2) is 6.31. The standard InChI is InChI=1S/C14H16BrNOS2/c1-9-4-12(10(2)19-9)13(17)7-16(3)6-11-5-14(15)18-8-11/h4-5,8H,6-7H2,1-3H3. The quantitative estimate of drug-likeness (QED) is 0.734. The molecule has 5 heteroatoms. The first-order valence-corrected chi connectivity index (χ1v) is 8.46. The number of carbonyl (C=O) groups is 1. The van der Waals surface area contributed by atoms with E-state index in [2.05, 4.69) is 32.3 Å². The topological polar surface area (TPSA) is 20.3 Å². The highest BCUT2D eigenvalue weighted by Gasteiger charge is 2.14. The largest absolute Gasteiger partial charge is 0.295 e. The summed E-state index contributed by atoms with van der Waals surface area (Å²) in [6.45, 7) is 5.32. The number of nitrogens with zero attached hydrogens (tertiary/aromatic N) is 1. The summed E-state index contributed by atoms with van der Waals surface area (Å²) in [6, 6.07) is 4.10. The second-order valence-corrected chi connectivity index (χ2v) is 8.43. The number of carbonyl (C=O) groups excluding carboxylic acids is 1. The second-order valence-electron chi connectivity index (χ2n) is 4.68. The molecule has 0 spiro atoms. The summed E-state index contributed by atoms with van der Waals surface area (Å²) in [7, 11) is 1.98. The summed E-state index contributed by atoms with van der Waals surface area (Å²) in [5.41, 5.74) is 2.12. The molecular formula is C14H16BrNOS2. The Morgan fingerprint density at radius 3 is 2.63 bits per heavy atom. The van der Waals surface area contributed by atoms with Crippen molar-refractivity contribution < 1.29 is 4.79 Å². The summed E-state index contributed by atoms with van der Waals surface area (Å²) in [5, 5.41) is 2.12. The lowest BCUT2D eigenvalue weighted by Crippen LogP contribution is -2.25. The minimum absolute atomic E-state index is 0.207. The Balaban J connectivity index is 1.97. The van der Waals surface area contributed by atoms with Gasteiger partial charge in [-0.1, -0.05) is 0 Å². The third kappa shape index (κ3) is 3.99. The van der Waals surface area contributed by atoms with Crippen LogP contribution in [0, 0.1) is 13.8 Å². The van der Waals surface area contributed by atoms with E-state index in [1.807, 2.05) is 27.0 Å². The first kappa shape index (κ1) is 14.9. The van der Waals surface area contributed by atoms with Gasteiger partial charge in [0, 0.05) is 21.9 Å². The van der Waals surface area contributed by atoms with Crippen molar-refractivity contribution in [2.45, 2.75) is 20.4 Å². The van der Waals surface area contributed by atoms with Crippen LogP contribution >= 0.6 is 38.6 Å². The molecule has 0 aliphatic heterocycles. The monoisotopic (exact) mass is 357 g/mol. The average molecular weight is 358 g/mol. The molecule has 0 saturated heterocycles. The first-order valence-electron chi connectivity index (χ1n) is 5.97. The first-order chi connectivity index (χ1) is 8.95. The normalized spacial score (nSPS) is 11.2. The van der Waals surface area contributed by atoms with Crippen LogP contribution in [0.25, 0.3) is 0 Å². The zero-order chi connectivity index (χ0) is 14.0. The molecule has 0 radical (unpaired) electrons. The van der Waals surface area contributed by atoms with E-state index >= 15 is 0 Å². The smallest absolute Gasteiger partial charge is 0.177 e. The Morgan fingerprint density at radius 1 is 1.37 bits per heavy atom. The van der Waals surface area contributed by atoms with Gasteiger partial charge in [-0.05, 0) is 59.9 Å². The molecule has 0 N–H and O–H groups in total. The third-order valence-corrected chi connectivity index (χ3v) is 5.35. The Hall–Kier alpha value is -0.490. The van der Waals surface area contributed by atoms with Gasteiger partial charge in [0.05, 0.1) is 10.3 Å². The molecule has 0 bridgehead atoms. The fraction of sp³-hybridized carbons (Fsp3) is 0.357. The van der Waals surface area contributed by atoms with Crippen LogP contribution in [0.5, 0.6) is 0 Å². The SMILES string of the molecule is Cc1cc(C(=O)CN(C)Cc2csc(Br)c2)c(C)s1. The van der Waals surface area contributed by atoms with Gasteiger partial charge in [-0.3, -0.25) is 9.69 Å². The number of likely N-dealkylation sites (N-methyl/N-ethyl adjacent to an activating group) is 1. The molecule has 0 unspecified atom stereocenters. The maximum atomic E-state index is 12.2. The van der Waals surface area contributed by atoms with Gasteiger partial charge in [0.15, 0.2) is 5.78 Å².